The molecule has 0 unspecified atom stereocenters. The van der Waals surface area contributed by atoms with E-state index in [1.807, 2.05) is 18.2 Å². The summed E-state index contributed by atoms with van der Waals surface area (Å²) in [5, 5.41) is 3.02. The van der Waals surface area contributed by atoms with Gasteiger partial charge in [0.25, 0.3) is 0 Å². The molecule has 0 saturated heterocycles. The van der Waals surface area contributed by atoms with Gasteiger partial charge in [-0.05, 0) is 43.0 Å². The number of hydrogen-bond acceptors (Lipinski definition) is 4. The van der Waals surface area contributed by atoms with Gasteiger partial charge < -0.3 is 20.5 Å². The van der Waals surface area contributed by atoms with Crippen LogP contribution in [0.15, 0.2) is 18.2 Å². The molecule has 2 atom stereocenters. The Morgan fingerprint density at radius 3 is 2.77 bits per heavy atom. The number of hydrogen-bond donors (Lipinski definition) is 2. The number of amides is 1. The molecule has 1 amide bonds. The fourth-order valence-corrected chi connectivity index (χ4v) is 3.18. The van der Waals surface area contributed by atoms with Crippen molar-refractivity contribution in [3.63, 3.8) is 0 Å². The first-order valence-electron chi connectivity index (χ1n) is 7.64. The molecule has 6 heteroatoms. The molecule has 0 radical (unpaired) electrons. The predicted molar refractivity (Wildman–Crippen MR) is 86.4 cm³/mol. The Morgan fingerprint density at radius 1 is 1.23 bits per heavy atom. The van der Waals surface area contributed by atoms with Crippen LogP contribution in [0.1, 0.15) is 24.8 Å². The van der Waals surface area contributed by atoms with Gasteiger partial charge in [-0.25, -0.2) is 0 Å². The third-order valence-corrected chi connectivity index (χ3v) is 4.37. The Bertz CT molecular complexity index is 524. The number of halogens is 1. The second-order valence-electron chi connectivity index (χ2n) is 5.73. The number of ether oxygens (including phenoxy) is 2. The van der Waals surface area contributed by atoms with E-state index < -0.39 is 0 Å². The average Bonchev–Trinajstić information content (AvgIpc) is 3.01. The number of carbonyl (C=O) groups is 1. The fraction of sp³-hybridized carbons (Fsp3) is 0.562. The number of fused-ring (bicyclic) bond motifs is 1. The van der Waals surface area contributed by atoms with Crippen LogP contribution >= 0.6 is 12.4 Å². The molecule has 0 aromatic heterocycles. The Hall–Kier alpha value is -1.46. The molecule has 1 heterocycles. The van der Waals surface area contributed by atoms with Crippen LogP contribution in [-0.4, -0.2) is 25.7 Å². The third-order valence-electron chi connectivity index (χ3n) is 4.37. The Labute approximate surface area is 137 Å². The highest BCUT2D eigenvalue weighted by atomic mass is 35.5. The molecule has 122 valence electrons. The number of benzene rings is 1. The summed E-state index contributed by atoms with van der Waals surface area (Å²) in [7, 11) is 0. The molecule has 0 bridgehead atoms. The molecular weight excluding hydrogens is 304 g/mol. The van der Waals surface area contributed by atoms with Crippen molar-refractivity contribution in [1.29, 1.82) is 0 Å². The lowest BCUT2D eigenvalue weighted by Gasteiger charge is -2.20. The van der Waals surface area contributed by atoms with E-state index in [2.05, 4.69) is 5.32 Å². The standard InChI is InChI=1S/C16H22N2O3.ClH/c17-9-12-2-1-3-13(12)16(19)18-10-11-4-5-14-15(8-11)21-7-6-20-14;/h4-5,8,12-13H,1-3,6-7,9-10,17H2,(H,18,19);1H/t12-,13-;/m1./s1. The zero-order chi connectivity index (χ0) is 14.7. The molecule has 1 aromatic rings. The Balaban J connectivity index is 0.00000176. The van der Waals surface area contributed by atoms with Crippen LogP contribution in [0, 0.1) is 11.8 Å². The van der Waals surface area contributed by atoms with Crippen LogP contribution in [0.2, 0.25) is 0 Å². The van der Waals surface area contributed by atoms with Gasteiger partial charge in [-0.15, -0.1) is 12.4 Å². The molecule has 1 aliphatic carbocycles. The van der Waals surface area contributed by atoms with Crippen LogP contribution in [0.3, 0.4) is 0 Å². The monoisotopic (exact) mass is 326 g/mol. The van der Waals surface area contributed by atoms with Gasteiger partial charge >= 0.3 is 0 Å². The van der Waals surface area contributed by atoms with Gasteiger partial charge in [0.1, 0.15) is 13.2 Å². The fourth-order valence-electron chi connectivity index (χ4n) is 3.18. The van der Waals surface area contributed by atoms with Crippen LogP contribution in [0.25, 0.3) is 0 Å². The summed E-state index contributed by atoms with van der Waals surface area (Å²) in [6.07, 6.45) is 3.12. The van der Waals surface area contributed by atoms with Crippen molar-refractivity contribution in [2.45, 2.75) is 25.8 Å². The minimum absolute atomic E-state index is 0. The van der Waals surface area contributed by atoms with E-state index in [9.17, 15) is 4.79 Å². The zero-order valence-electron chi connectivity index (χ0n) is 12.5. The van der Waals surface area contributed by atoms with Crippen molar-refractivity contribution >= 4 is 18.3 Å². The highest BCUT2D eigenvalue weighted by molar-refractivity contribution is 5.85. The van der Waals surface area contributed by atoms with E-state index in [0.717, 1.165) is 36.3 Å². The molecule has 2 aliphatic rings. The van der Waals surface area contributed by atoms with Gasteiger partial charge in [0.05, 0.1) is 0 Å². The molecule has 1 saturated carbocycles. The van der Waals surface area contributed by atoms with E-state index in [4.69, 9.17) is 15.2 Å². The summed E-state index contributed by atoms with van der Waals surface area (Å²) in [5.74, 6) is 2.07. The Morgan fingerprint density at radius 2 is 2.00 bits per heavy atom. The lowest BCUT2D eigenvalue weighted by atomic mass is 9.95. The zero-order valence-corrected chi connectivity index (χ0v) is 13.4. The molecule has 1 aromatic carbocycles. The quantitative estimate of drug-likeness (QED) is 0.886. The summed E-state index contributed by atoms with van der Waals surface area (Å²) in [6, 6.07) is 5.79. The molecule has 1 fully saturated rings. The first-order chi connectivity index (χ1) is 10.3. The predicted octanol–water partition coefficient (Wildman–Crippen LogP) is 1.87. The smallest absolute Gasteiger partial charge is 0.223 e. The molecular formula is C16H23ClN2O3. The van der Waals surface area contributed by atoms with Gasteiger partial charge in [0.2, 0.25) is 5.91 Å². The molecule has 5 nitrogen and oxygen atoms in total. The van der Waals surface area contributed by atoms with Gasteiger partial charge in [-0.2, -0.15) is 0 Å². The SMILES string of the molecule is Cl.NC[C@H]1CCC[C@H]1C(=O)NCc1ccc2c(c1)OCCO2. The highest BCUT2D eigenvalue weighted by Gasteiger charge is 2.31. The maximum atomic E-state index is 12.3. The largest absolute Gasteiger partial charge is 0.486 e. The number of carbonyl (C=O) groups excluding carboxylic acids is 1. The van der Waals surface area contributed by atoms with Crippen molar-refractivity contribution < 1.29 is 14.3 Å². The van der Waals surface area contributed by atoms with Gasteiger partial charge in [0.15, 0.2) is 11.5 Å². The normalized spacial score (nSPS) is 22.8. The molecule has 3 rings (SSSR count). The molecule has 0 spiro atoms. The molecule has 22 heavy (non-hydrogen) atoms. The van der Waals surface area contributed by atoms with Crippen molar-refractivity contribution in [2.24, 2.45) is 17.6 Å². The summed E-state index contributed by atoms with van der Waals surface area (Å²) < 4.78 is 11.0. The number of nitrogens with one attached hydrogen (secondary N) is 1. The Kier molecular flexibility index (Phi) is 5.91. The topological polar surface area (TPSA) is 73.6 Å². The van der Waals surface area contributed by atoms with Gasteiger partial charge in [-0.1, -0.05) is 12.5 Å². The van der Waals surface area contributed by atoms with Crippen molar-refractivity contribution in [3.8, 4) is 11.5 Å². The van der Waals surface area contributed by atoms with Crippen molar-refractivity contribution in [2.75, 3.05) is 19.8 Å². The molecule has 1 aliphatic heterocycles. The van der Waals surface area contributed by atoms with Crippen LogP contribution in [-0.2, 0) is 11.3 Å². The van der Waals surface area contributed by atoms with E-state index in [0.29, 0.717) is 32.2 Å². The lowest BCUT2D eigenvalue weighted by Crippen LogP contribution is -2.34. The van der Waals surface area contributed by atoms with Gasteiger partial charge in [-0.3, -0.25) is 4.79 Å². The number of rotatable bonds is 4. The minimum Gasteiger partial charge on any atom is -0.486 e. The summed E-state index contributed by atoms with van der Waals surface area (Å²) in [5.41, 5.74) is 6.76. The maximum Gasteiger partial charge on any atom is 0.223 e. The second kappa shape index (κ2) is 7.70. The van der Waals surface area contributed by atoms with Crippen LogP contribution in [0.4, 0.5) is 0 Å². The van der Waals surface area contributed by atoms with E-state index in [-0.39, 0.29) is 24.2 Å². The lowest BCUT2D eigenvalue weighted by molar-refractivity contribution is -0.126. The minimum atomic E-state index is 0. The van der Waals surface area contributed by atoms with E-state index >= 15 is 0 Å². The summed E-state index contributed by atoms with van der Waals surface area (Å²) >= 11 is 0. The number of nitrogens with two attached hydrogens (primary N) is 1. The summed E-state index contributed by atoms with van der Waals surface area (Å²) in [4.78, 5) is 12.3. The maximum absolute atomic E-state index is 12.3. The third kappa shape index (κ3) is 3.65. The van der Waals surface area contributed by atoms with E-state index in [1.165, 1.54) is 0 Å². The molecule has 3 N–H and O–H groups in total. The van der Waals surface area contributed by atoms with Gasteiger partial charge in [0, 0.05) is 12.5 Å². The highest BCUT2D eigenvalue weighted by Crippen LogP contribution is 2.32. The van der Waals surface area contributed by atoms with Crippen molar-refractivity contribution in [1.82, 2.24) is 5.32 Å². The van der Waals surface area contributed by atoms with E-state index in [1.54, 1.807) is 0 Å². The van der Waals surface area contributed by atoms with Crippen molar-refractivity contribution in [3.05, 3.63) is 23.8 Å². The first-order valence-corrected chi connectivity index (χ1v) is 7.64. The summed E-state index contributed by atoms with van der Waals surface area (Å²) in [6.45, 7) is 2.28. The second-order valence-corrected chi connectivity index (χ2v) is 5.73. The van der Waals surface area contributed by atoms with Crippen LogP contribution in [0.5, 0.6) is 11.5 Å². The van der Waals surface area contributed by atoms with Crippen LogP contribution < -0.4 is 20.5 Å². The average molecular weight is 327 g/mol. The first kappa shape index (κ1) is 16.9.